The molecule has 1 aliphatic heterocycles. The van der Waals surface area contributed by atoms with Gasteiger partial charge in [0.25, 0.3) is 5.91 Å². The molecule has 8 heteroatoms. The lowest BCUT2D eigenvalue weighted by Crippen LogP contribution is -2.51. The van der Waals surface area contributed by atoms with Crippen LogP contribution in [-0.2, 0) is 9.47 Å². The molecule has 0 aliphatic carbocycles. The Labute approximate surface area is 146 Å². The summed E-state index contributed by atoms with van der Waals surface area (Å²) in [5, 5.41) is 2.53. The van der Waals surface area contributed by atoms with E-state index in [1.165, 1.54) is 7.11 Å². The number of hydrogen-bond acceptors (Lipinski definition) is 5. The van der Waals surface area contributed by atoms with Gasteiger partial charge >= 0.3 is 12.2 Å². The number of amides is 3. The van der Waals surface area contributed by atoms with Gasteiger partial charge in [0.15, 0.2) is 0 Å². The van der Waals surface area contributed by atoms with E-state index in [1.54, 1.807) is 47.9 Å². The maximum atomic E-state index is 12.5. The van der Waals surface area contributed by atoms with Crippen molar-refractivity contribution in [2.75, 3.05) is 38.6 Å². The second-order valence-corrected chi connectivity index (χ2v) is 5.91. The summed E-state index contributed by atoms with van der Waals surface area (Å²) in [7, 11) is 1.28. The Hall–Kier alpha value is -2.77. The molecular weight excluding hydrogens is 326 g/mol. The number of nitrogens with zero attached hydrogens (tertiary/aromatic N) is 2. The van der Waals surface area contributed by atoms with Crippen LogP contribution in [0, 0.1) is 0 Å². The van der Waals surface area contributed by atoms with E-state index in [0.717, 1.165) is 0 Å². The highest BCUT2D eigenvalue weighted by molar-refractivity contribution is 5.95. The third-order valence-electron chi connectivity index (χ3n) is 3.73. The van der Waals surface area contributed by atoms with E-state index in [4.69, 9.17) is 4.74 Å². The van der Waals surface area contributed by atoms with Crippen molar-refractivity contribution in [2.24, 2.45) is 0 Å². The number of piperazine rings is 1. The molecule has 0 atom stereocenters. The third-order valence-corrected chi connectivity index (χ3v) is 3.73. The Morgan fingerprint density at radius 1 is 1.00 bits per heavy atom. The fourth-order valence-corrected chi connectivity index (χ4v) is 2.42. The molecule has 3 amide bonds. The number of carbonyl (C=O) groups excluding carboxylic acids is 3. The van der Waals surface area contributed by atoms with Gasteiger partial charge in [-0.25, -0.2) is 9.59 Å². The molecule has 1 aliphatic rings. The van der Waals surface area contributed by atoms with E-state index in [0.29, 0.717) is 37.4 Å². The molecule has 25 heavy (non-hydrogen) atoms. The molecule has 1 fully saturated rings. The summed E-state index contributed by atoms with van der Waals surface area (Å²) >= 11 is 0. The fraction of sp³-hybridized carbons (Fsp3) is 0.471. The Balaban J connectivity index is 1.89. The normalized spacial score (nSPS) is 14.2. The van der Waals surface area contributed by atoms with Crippen LogP contribution in [0.3, 0.4) is 0 Å². The topological polar surface area (TPSA) is 88.2 Å². The zero-order valence-electron chi connectivity index (χ0n) is 14.7. The van der Waals surface area contributed by atoms with Gasteiger partial charge in [0, 0.05) is 37.4 Å². The SMILES string of the molecule is COC(=O)Nc1ccc(C(=O)N2CCN(C(=O)OC(C)C)CC2)cc1. The largest absolute Gasteiger partial charge is 0.453 e. The minimum atomic E-state index is -0.566. The molecule has 1 heterocycles. The van der Waals surface area contributed by atoms with Crippen LogP contribution in [0.1, 0.15) is 24.2 Å². The first-order chi connectivity index (χ1) is 11.9. The number of carbonyl (C=O) groups is 3. The van der Waals surface area contributed by atoms with Crippen molar-refractivity contribution in [1.29, 1.82) is 0 Å². The van der Waals surface area contributed by atoms with Gasteiger partial charge in [-0.05, 0) is 38.1 Å². The number of rotatable bonds is 3. The summed E-state index contributed by atoms with van der Waals surface area (Å²) in [4.78, 5) is 38.8. The van der Waals surface area contributed by atoms with Crippen LogP contribution < -0.4 is 5.32 Å². The number of benzene rings is 1. The molecule has 0 saturated carbocycles. The Morgan fingerprint density at radius 3 is 2.08 bits per heavy atom. The zero-order valence-corrected chi connectivity index (χ0v) is 14.7. The monoisotopic (exact) mass is 349 g/mol. The van der Waals surface area contributed by atoms with Gasteiger partial charge in [0.05, 0.1) is 13.2 Å². The highest BCUT2D eigenvalue weighted by Crippen LogP contribution is 2.14. The van der Waals surface area contributed by atoms with Gasteiger partial charge in [-0.15, -0.1) is 0 Å². The van der Waals surface area contributed by atoms with Gasteiger partial charge in [0.2, 0.25) is 0 Å². The second-order valence-electron chi connectivity index (χ2n) is 5.91. The van der Waals surface area contributed by atoms with Crippen LogP contribution in [0.5, 0.6) is 0 Å². The lowest BCUT2D eigenvalue weighted by molar-refractivity contribution is 0.0476. The number of methoxy groups -OCH3 is 1. The Kier molecular flexibility index (Phi) is 6.21. The standard InChI is InChI=1S/C17H23N3O5/c1-12(2)25-17(23)20-10-8-19(9-11-20)15(21)13-4-6-14(7-5-13)18-16(22)24-3/h4-7,12H,8-11H2,1-3H3,(H,18,22). The quantitative estimate of drug-likeness (QED) is 0.903. The van der Waals surface area contributed by atoms with Crippen LogP contribution in [0.4, 0.5) is 15.3 Å². The predicted molar refractivity (Wildman–Crippen MR) is 91.6 cm³/mol. The van der Waals surface area contributed by atoms with Crippen LogP contribution in [0.2, 0.25) is 0 Å². The Bertz CT molecular complexity index is 622. The maximum absolute atomic E-state index is 12.5. The van der Waals surface area contributed by atoms with Crippen molar-refractivity contribution in [1.82, 2.24) is 9.80 Å². The molecule has 0 aromatic heterocycles. The van der Waals surface area contributed by atoms with Crippen LogP contribution in [0.15, 0.2) is 24.3 Å². The summed E-state index contributed by atoms with van der Waals surface area (Å²) in [6, 6.07) is 6.57. The van der Waals surface area contributed by atoms with E-state index in [-0.39, 0.29) is 18.1 Å². The zero-order chi connectivity index (χ0) is 18.4. The second kappa shape index (κ2) is 8.36. The summed E-state index contributed by atoms with van der Waals surface area (Å²) in [5.74, 6) is -0.110. The van der Waals surface area contributed by atoms with E-state index >= 15 is 0 Å². The minimum absolute atomic E-state index is 0.110. The maximum Gasteiger partial charge on any atom is 0.411 e. The predicted octanol–water partition coefficient (Wildman–Crippen LogP) is 2.17. The number of anilines is 1. The molecular formula is C17H23N3O5. The van der Waals surface area contributed by atoms with E-state index in [1.807, 2.05) is 0 Å². The molecule has 1 aromatic carbocycles. The summed E-state index contributed by atoms with van der Waals surface area (Å²) in [6.45, 7) is 5.40. The van der Waals surface area contributed by atoms with E-state index < -0.39 is 6.09 Å². The fourth-order valence-electron chi connectivity index (χ4n) is 2.42. The average molecular weight is 349 g/mol. The molecule has 0 unspecified atom stereocenters. The van der Waals surface area contributed by atoms with Crippen molar-refractivity contribution in [3.05, 3.63) is 29.8 Å². The first kappa shape index (κ1) is 18.6. The molecule has 0 bridgehead atoms. The smallest absolute Gasteiger partial charge is 0.411 e. The first-order valence-electron chi connectivity index (χ1n) is 8.10. The highest BCUT2D eigenvalue weighted by Gasteiger charge is 2.26. The van der Waals surface area contributed by atoms with Crippen molar-refractivity contribution in [3.8, 4) is 0 Å². The van der Waals surface area contributed by atoms with E-state index in [9.17, 15) is 14.4 Å². The molecule has 0 radical (unpaired) electrons. The minimum Gasteiger partial charge on any atom is -0.453 e. The van der Waals surface area contributed by atoms with Crippen LogP contribution in [-0.4, -0.2) is 67.3 Å². The summed E-state index contributed by atoms with van der Waals surface area (Å²) < 4.78 is 9.68. The van der Waals surface area contributed by atoms with Gasteiger partial charge in [-0.3, -0.25) is 10.1 Å². The molecule has 136 valence electrons. The average Bonchev–Trinajstić information content (AvgIpc) is 2.61. The van der Waals surface area contributed by atoms with Gasteiger partial charge in [0.1, 0.15) is 0 Å². The summed E-state index contributed by atoms with van der Waals surface area (Å²) in [6.07, 6.45) is -1.08. The van der Waals surface area contributed by atoms with Gasteiger partial charge < -0.3 is 19.3 Å². The molecule has 1 N–H and O–H groups in total. The van der Waals surface area contributed by atoms with Gasteiger partial charge in [-0.1, -0.05) is 0 Å². The summed E-state index contributed by atoms with van der Waals surface area (Å²) in [5.41, 5.74) is 1.07. The number of hydrogen-bond donors (Lipinski definition) is 1. The lowest BCUT2D eigenvalue weighted by atomic mass is 10.1. The van der Waals surface area contributed by atoms with Crippen LogP contribution >= 0.6 is 0 Å². The highest BCUT2D eigenvalue weighted by atomic mass is 16.6. The first-order valence-corrected chi connectivity index (χ1v) is 8.10. The number of nitrogens with one attached hydrogen (secondary N) is 1. The number of ether oxygens (including phenoxy) is 2. The van der Waals surface area contributed by atoms with E-state index in [2.05, 4.69) is 10.1 Å². The third kappa shape index (κ3) is 5.10. The molecule has 0 spiro atoms. The Morgan fingerprint density at radius 2 is 1.56 bits per heavy atom. The van der Waals surface area contributed by atoms with Gasteiger partial charge in [-0.2, -0.15) is 0 Å². The molecule has 1 saturated heterocycles. The van der Waals surface area contributed by atoms with Crippen molar-refractivity contribution >= 4 is 23.8 Å². The molecule has 8 nitrogen and oxygen atoms in total. The lowest BCUT2D eigenvalue weighted by Gasteiger charge is -2.34. The molecule has 2 rings (SSSR count). The van der Waals surface area contributed by atoms with Crippen molar-refractivity contribution in [3.63, 3.8) is 0 Å². The van der Waals surface area contributed by atoms with Crippen molar-refractivity contribution in [2.45, 2.75) is 20.0 Å². The molecule has 1 aromatic rings. The van der Waals surface area contributed by atoms with Crippen molar-refractivity contribution < 1.29 is 23.9 Å². The van der Waals surface area contributed by atoms with Crippen LogP contribution in [0.25, 0.3) is 0 Å².